The van der Waals surface area contributed by atoms with Crippen molar-refractivity contribution in [2.24, 2.45) is 0 Å². The zero-order valence-electron chi connectivity index (χ0n) is 18.2. The predicted octanol–water partition coefficient (Wildman–Crippen LogP) is 5.11. The average molecular weight is 420 g/mol. The Morgan fingerprint density at radius 2 is 1.52 bits per heavy atom. The number of benzene rings is 2. The fourth-order valence-electron chi connectivity index (χ4n) is 3.07. The number of rotatable bonds is 10. The summed E-state index contributed by atoms with van der Waals surface area (Å²) >= 11 is 0. The van der Waals surface area contributed by atoms with Crippen molar-refractivity contribution in [3.63, 3.8) is 0 Å². The van der Waals surface area contributed by atoms with Crippen LogP contribution in [0.15, 0.2) is 55.1 Å². The third-order valence-electron chi connectivity index (χ3n) is 4.89. The van der Waals surface area contributed by atoms with Crippen LogP contribution < -0.4 is 0 Å². The quantitative estimate of drug-likeness (QED) is 0.397. The van der Waals surface area contributed by atoms with E-state index in [1.807, 2.05) is 66.8 Å². The van der Waals surface area contributed by atoms with Crippen molar-refractivity contribution in [2.45, 2.75) is 39.0 Å². The molecule has 5 heteroatoms. The maximum Gasteiger partial charge on any atom is 0.332 e. The molecule has 0 spiro atoms. The van der Waals surface area contributed by atoms with E-state index < -0.39 is 5.97 Å². The molecule has 162 valence electrons. The molecular weight excluding hydrogens is 390 g/mol. The lowest BCUT2D eigenvalue weighted by Gasteiger charge is -2.14. The first-order chi connectivity index (χ1) is 14.9. The number of amides is 1. The van der Waals surface area contributed by atoms with Gasteiger partial charge in [0, 0.05) is 26.3 Å². The number of hydrogen-bond acceptors (Lipinski definition) is 4. The van der Waals surface area contributed by atoms with E-state index in [9.17, 15) is 14.4 Å². The van der Waals surface area contributed by atoms with Crippen LogP contribution in [0.5, 0.6) is 0 Å². The molecule has 0 saturated heterocycles. The molecule has 1 amide bonds. The van der Waals surface area contributed by atoms with Gasteiger partial charge in [-0.25, -0.2) is 4.79 Å². The molecule has 31 heavy (non-hydrogen) atoms. The second kappa shape index (κ2) is 12.3. The SMILES string of the molecule is C=Cc1ccccc1C=Cc1ccccc1CCC(=O)CCC(=O)ON(C)C(=O)CC. The van der Waals surface area contributed by atoms with Crippen LogP contribution in [0.2, 0.25) is 0 Å². The van der Waals surface area contributed by atoms with Gasteiger partial charge in [-0.1, -0.05) is 80.3 Å². The topological polar surface area (TPSA) is 63.7 Å². The van der Waals surface area contributed by atoms with Gasteiger partial charge in [0.25, 0.3) is 5.91 Å². The van der Waals surface area contributed by atoms with Crippen molar-refractivity contribution in [2.75, 3.05) is 7.05 Å². The molecule has 0 bridgehead atoms. The van der Waals surface area contributed by atoms with E-state index in [-0.39, 0.29) is 31.0 Å². The largest absolute Gasteiger partial charge is 0.338 e. The van der Waals surface area contributed by atoms with Crippen LogP contribution in [0.1, 0.15) is 54.9 Å². The van der Waals surface area contributed by atoms with Gasteiger partial charge in [-0.15, -0.1) is 0 Å². The molecule has 2 rings (SSSR count). The highest BCUT2D eigenvalue weighted by Crippen LogP contribution is 2.18. The molecule has 5 nitrogen and oxygen atoms in total. The normalized spacial score (nSPS) is 10.6. The van der Waals surface area contributed by atoms with Crippen molar-refractivity contribution < 1.29 is 19.2 Å². The number of carbonyl (C=O) groups is 3. The Bertz CT molecular complexity index is 961. The van der Waals surface area contributed by atoms with Crippen LogP contribution in [0.4, 0.5) is 0 Å². The standard InChI is InChI=1S/C26H29NO4/c1-4-20-10-6-7-11-21(20)14-15-22-12-8-9-13-23(22)16-17-24(28)18-19-26(30)31-27(3)25(29)5-2/h4,6-15H,1,5,16-19H2,2-3H3. The molecule has 0 aromatic heterocycles. The summed E-state index contributed by atoms with van der Waals surface area (Å²) in [6.07, 6.45) is 7.14. The molecule has 2 aromatic rings. The molecule has 0 unspecified atom stereocenters. The number of hydrogen-bond donors (Lipinski definition) is 0. The number of aryl methyl sites for hydroxylation is 1. The molecule has 0 atom stereocenters. The third-order valence-corrected chi connectivity index (χ3v) is 4.89. The van der Waals surface area contributed by atoms with Gasteiger partial charge in [-0.3, -0.25) is 9.59 Å². The highest BCUT2D eigenvalue weighted by atomic mass is 16.7. The predicted molar refractivity (Wildman–Crippen MR) is 124 cm³/mol. The lowest BCUT2D eigenvalue weighted by atomic mass is 9.99. The molecule has 0 aliphatic carbocycles. The maximum atomic E-state index is 12.3. The fourth-order valence-corrected chi connectivity index (χ4v) is 3.07. The van der Waals surface area contributed by atoms with Gasteiger partial charge in [0.15, 0.2) is 0 Å². The summed E-state index contributed by atoms with van der Waals surface area (Å²) in [5.41, 5.74) is 4.25. The summed E-state index contributed by atoms with van der Waals surface area (Å²) in [6.45, 7) is 5.53. The molecule has 0 aliphatic heterocycles. The summed E-state index contributed by atoms with van der Waals surface area (Å²) in [5, 5.41) is 0.917. The molecule has 0 aliphatic rings. The van der Waals surface area contributed by atoms with Gasteiger partial charge in [0.2, 0.25) is 0 Å². The average Bonchev–Trinajstić information content (AvgIpc) is 2.80. The summed E-state index contributed by atoms with van der Waals surface area (Å²) < 4.78 is 0. The van der Waals surface area contributed by atoms with E-state index in [1.165, 1.54) is 7.05 Å². The zero-order chi connectivity index (χ0) is 22.6. The van der Waals surface area contributed by atoms with Crippen LogP contribution in [0.3, 0.4) is 0 Å². The summed E-state index contributed by atoms with van der Waals surface area (Å²) in [7, 11) is 1.39. The van der Waals surface area contributed by atoms with E-state index in [1.54, 1.807) is 6.92 Å². The molecule has 0 N–H and O–H groups in total. The van der Waals surface area contributed by atoms with E-state index in [4.69, 9.17) is 4.84 Å². The first-order valence-electron chi connectivity index (χ1n) is 10.4. The summed E-state index contributed by atoms with van der Waals surface area (Å²) in [5.74, 6) is -0.890. The van der Waals surface area contributed by atoms with Crippen molar-refractivity contribution in [1.29, 1.82) is 0 Å². The second-order valence-corrected chi connectivity index (χ2v) is 7.11. The minimum Gasteiger partial charge on any atom is -0.338 e. The van der Waals surface area contributed by atoms with Crippen molar-refractivity contribution >= 4 is 35.9 Å². The van der Waals surface area contributed by atoms with E-state index in [0.717, 1.165) is 27.3 Å². The first-order valence-corrected chi connectivity index (χ1v) is 10.4. The smallest absolute Gasteiger partial charge is 0.332 e. The van der Waals surface area contributed by atoms with E-state index in [0.29, 0.717) is 12.8 Å². The molecule has 2 aromatic carbocycles. The number of nitrogens with zero attached hydrogens (tertiary/aromatic N) is 1. The van der Waals surface area contributed by atoms with Crippen molar-refractivity contribution in [3.8, 4) is 0 Å². The first kappa shape index (κ1) is 23.8. The number of ketones is 1. The van der Waals surface area contributed by atoms with Crippen LogP contribution in [-0.4, -0.2) is 29.8 Å². The Balaban J connectivity index is 1.90. The Hall–Kier alpha value is -3.47. The molecule has 0 heterocycles. The van der Waals surface area contributed by atoms with Gasteiger partial charge < -0.3 is 4.84 Å². The summed E-state index contributed by atoms with van der Waals surface area (Å²) in [4.78, 5) is 40.4. The van der Waals surface area contributed by atoms with Crippen LogP contribution in [0, 0.1) is 0 Å². The van der Waals surface area contributed by atoms with Gasteiger partial charge in [-0.05, 0) is 28.7 Å². The Labute approximate surface area is 184 Å². The molecule has 0 saturated carbocycles. The lowest BCUT2D eigenvalue weighted by molar-refractivity contribution is -0.192. The Morgan fingerprint density at radius 1 is 0.903 bits per heavy atom. The Kier molecular flexibility index (Phi) is 9.43. The van der Waals surface area contributed by atoms with Gasteiger partial charge in [0.05, 0.1) is 6.42 Å². The zero-order valence-corrected chi connectivity index (χ0v) is 18.2. The fraction of sp³-hybridized carbons (Fsp3) is 0.269. The lowest BCUT2D eigenvalue weighted by Crippen LogP contribution is -2.29. The van der Waals surface area contributed by atoms with Gasteiger partial charge in [-0.2, -0.15) is 5.06 Å². The number of hydroxylamine groups is 2. The van der Waals surface area contributed by atoms with E-state index >= 15 is 0 Å². The van der Waals surface area contributed by atoms with Gasteiger partial charge in [0.1, 0.15) is 5.78 Å². The molecular formula is C26H29NO4. The summed E-state index contributed by atoms with van der Waals surface area (Å²) in [6, 6.07) is 15.9. The molecule has 0 radical (unpaired) electrons. The Morgan fingerprint density at radius 3 is 2.19 bits per heavy atom. The maximum absolute atomic E-state index is 12.3. The van der Waals surface area contributed by atoms with Crippen LogP contribution >= 0.6 is 0 Å². The van der Waals surface area contributed by atoms with Crippen LogP contribution in [-0.2, 0) is 25.6 Å². The van der Waals surface area contributed by atoms with E-state index in [2.05, 4.69) is 6.58 Å². The monoisotopic (exact) mass is 419 g/mol. The number of Topliss-reactive ketones (excluding diaryl/α,β-unsaturated/α-hetero) is 1. The number of carbonyl (C=O) groups excluding carboxylic acids is 3. The van der Waals surface area contributed by atoms with Crippen LogP contribution in [0.25, 0.3) is 18.2 Å². The minimum atomic E-state index is -0.582. The highest BCUT2D eigenvalue weighted by Gasteiger charge is 2.14. The second-order valence-electron chi connectivity index (χ2n) is 7.11. The van der Waals surface area contributed by atoms with Crippen molar-refractivity contribution in [1.82, 2.24) is 5.06 Å². The molecule has 0 fully saturated rings. The van der Waals surface area contributed by atoms with Crippen molar-refractivity contribution in [3.05, 3.63) is 77.4 Å². The highest BCUT2D eigenvalue weighted by molar-refractivity contribution is 5.84. The third kappa shape index (κ3) is 7.70. The van der Waals surface area contributed by atoms with Gasteiger partial charge >= 0.3 is 5.97 Å². The minimum absolute atomic E-state index is 0.0165.